The van der Waals surface area contributed by atoms with Crippen LogP contribution in [0, 0.1) is 12.8 Å². The molecule has 4 nitrogen and oxygen atoms in total. The van der Waals surface area contributed by atoms with E-state index in [9.17, 15) is 9.59 Å². The molecule has 2 N–H and O–H groups in total. The second-order valence-corrected chi connectivity index (χ2v) is 4.78. The van der Waals surface area contributed by atoms with Gasteiger partial charge in [0.25, 0.3) is 5.91 Å². The van der Waals surface area contributed by atoms with Crippen LogP contribution in [0.1, 0.15) is 29.8 Å². The van der Waals surface area contributed by atoms with E-state index in [0.29, 0.717) is 10.6 Å². The number of aryl methyl sites for hydroxylation is 1. The standard InChI is InChI=1S/C13H16ClNO3/c1-7-4-5-10(11(14)6-7)12(16)15-9(3)8(2)13(17)18/h4-6,8-9H,1-3H3,(H,15,16)(H,17,18). The van der Waals surface area contributed by atoms with Crippen LogP contribution in [-0.2, 0) is 4.79 Å². The molecule has 18 heavy (non-hydrogen) atoms. The Balaban J connectivity index is 2.79. The Kier molecular flexibility index (Phi) is 4.73. The van der Waals surface area contributed by atoms with Gasteiger partial charge in [-0.15, -0.1) is 0 Å². The molecule has 0 aromatic heterocycles. The first kappa shape index (κ1) is 14.5. The molecule has 0 aliphatic rings. The molecule has 0 saturated heterocycles. The van der Waals surface area contributed by atoms with Gasteiger partial charge in [-0.1, -0.05) is 17.7 Å². The summed E-state index contributed by atoms with van der Waals surface area (Å²) in [4.78, 5) is 22.7. The molecule has 1 amide bonds. The van der Waals surface area contributed by atoms with Crippen LogP contribution in [0.25, 0.3) is 0 Å². The molecule has 0 fully saturated rings. The van der Waals surface area contributed by atoms with E-state index in [1.54, 1.807) is 32.0 Å². The number of carbonyl (C=O) groups excluding carboxylic acids is 1. The van der Waals surface area contributed by atoms with Gasteiger partial charge in [-0.05, 0) is 38.5 Å². The van der Waals surface area contributed by atoms with E-state index in [0.717, 1.165) is 5.56 Å². The number of hydrogen-bond acceptors (Lipinski definition) is 2. The maximum absolute atomic E-state index is 11.9. The first-order valence-corrected chi connectivity index (χ1v) is 6.00. The van der Waals surface area contributed by atoms with Crippen LogP contribution in [0.4, 0.5) is 0 Å². The number of nitrogens with one attached hydrogen (secondary N) is 1. The Morgan fingerprint density at radius 2 is 1.94 bits per heavy atom. The van der Waals surface area contributed by atoms with Gasteiger partial charge in [-0.2, -0.15) is 0 Å². The zero-order valence-corrected chi connectivity index (χ0v) is 11.3. The van der Waals surface area contributed by atoms with Gasteiger partial charge < -0.3 is 10.4 Å². The molecule has 0 bridgehead atoms. The zero-order valence-electron chi connectivity index (χ0n) is 10.5. The third-order valence-corrected chi connectivity index (χ3v) is 3.18. The number of carbonyl (C=O) groups is 2. The lowest BCUT2D eigenvalue weighted by atomic mass is 10.0. The summed E-state index contributed by atoms with van der Waals surface area (Å²) < 4.78 is 0. The summed E-state index contributed by atoms with van der Waals surface area (Å²) in [5.74, 6) is -1.96. The van der Waals surface area contributed by atoms with E-state index in [4.69, 9.17) is 16.7 Å². The van der Waals surface area contributed by atoms with Crippen molar-refractivity contribution in [3.63, 3.8) is 0 Å². The predicted molar refractivity (Wildman–Crippen MR) is 69.9 cm³/mol. The maximum atomic E-state index is 11.9. The minimum atomic E-state index is -0.946. The summed E-state index contributed by atoms with van der Waals surface area (Å²) in [6.45, 7) is 5.07. The lowest BCUT2D eigenvalue weighted by Crippen LogP contribution is -2.40. The SMILES string of the molecule is Cc1ccc(C(=O)NC(C)C(C)C(=O)O)c(Cl)c1. The third-order valence-electron chi connectivity index (χ3n) is 2.87. The van der Waals surface area contributed by atoms with Crippen molar-refractivity contribution < 1.29 is 14.7 Å². The second kappa shape index (κ2) is 5.87. The first-order chi connectivity index (χ1) is 8.32. The Bertz CT molecular complexity index is 473. The Morgan fingerprint density at radius 3 is 2.44 bits per heavy atom. The molecule has 1 aromatic rings. The molecule has 0 spiro atoms. The summed E-state index contributed by atoms with van der Waals surface area (Å²) in [5, 5.41) is 11.8. The van der Waals surface area contributed by atoms with Crippen LogP contribution in [0.3, 0.4) is 0 Å². The molecule has 1 aromatic carbocycles. The Morgan fingerprint density at radius 1 is 1.33 bits per heavy atom. The number of halogens is 1. The number of benzene rings is 1. The molecule has 2 atom stereocenters. The quantitative estimate of drug-likeness (QED) is 0.882. The lowest BCUT2D eigenvalue weighted by Gasteiger charge is -2.18. The van der Waals surface area contributed by atoms with Gasteiger partial charge in [0.05, 0.1) is 16.5 Å². The highest BCUT2D eigenvalue weighted by atomic mass is 35.5. The van der Waals surface area contributed by atoms with E-state index >= 15 is 0 Å². The zero-order chi connectivity index (χ0) is 13.9. The molecule has 98 valence electrons. The van der Waals surface area contributed by atoms with Gasteiger partial charge in [0.1, 0.15) is 0 Å². The van der Waals surface area contributed by atoms with Crippen LogP contribution in [0.15, 0.2) is 18.2 Å². The topological polar surface area (TPSA) is 66.4 Å². The molecule has 5 heteroatoms. The highest BCUT2D eigenvalue weighted by molar-refractivity contribution is 6.33. The average Bonchev–Trinajstić information content (AvgIpc) is 2.27. The predicted octanol–water partition coefficient (Wildman–Crippen LogP) is 2.49. The summed E-state index contributed by atoms with van der Waals surface area (Å²) in [5.41, 5.74) is 1.32. The second-order valence-electron chi connectivity index (χ2n) is 4.37. The molecule has 1 rings (SSSR count). The third kappa shape index (κ3) is 3.47. The van der Waals surface area contributed by atoms with Gasteiger partial charge in [-0.3, -0.25) is 9.59 Å². The van der Waals surface area contributed by atoms with Crippen molar-refractivity contribution >= 4 is 23.5 Å². The van der Waals surface area contributed by atoms with Crippen LogP contribution in [0.2, 0.25) is 5.02 Å². The summed E-state index contributed by atoms with van der Waals surface area (Å²) >= 11 is 5.97. The molecule has 0 saturated carbocycles. The van der Waals surface area contributed by atoms with Gasteiger partial charge in [0, 0.05) is 6.04 Å². The number of amides is 1. The van der Waals surface area contributed by atoms with E-state index in [2.05, 4.69) is 5.32 Å². The molecule has 2 unspecified atom stereocenters. The molecule has 0 heterocycles. The molecular weight excluding hydrogens is 254 g/mol. The maximum Gasteiger partial charge on any atom is 0.308 e. The van der Waals surface area contributed by atoms with Crippen molar-refractivity contribution in [2.24, 2.45) is 5.92 Å². The fourth-order valence-electron chi connectivity index (χ4n) is 1.43. The molecular formula is C13H16ClNO3. The number of aliphatic carboxylic acids is 1. The summed E-state index contributed by atoms with van der Waals surface area (Å²) in [6, 6.07) is 4.64. The smallest absolute Gasteiger partial charge is 0.308 e. The van der Waals surface area contributed by atoms with E-state index in [1.807, 2.05) is 6.92 Å². The van der Waals surface area contributed by atoms with Crippen molar-refractivity contribution in [1.29, 1.82) is 0 Å². The Labute approximate surface area is 111 Å². The minimum absolute atomic E-state index is 0.353. The fraction of sp³-hybridized carbons (Fsp3) is 0.385. The molecule has 0 aliphatic carbocycles. The van der Waals surface area contributed by atoms with Gasteiger partial charge in [-0.25, -0.2) is 0 Å². The Hall–Kier alpha value is -1.55. The van der Waals surface area contributed by atoms with Crippen LogP contribution in [-0.4, -0.2) is 23.0 Å². The van der Waals surface area contributed by atoms with E-state index < -0.39 is 17.9 Å². The minimum Gasteiger partial charge on any atom is -0.481 e. The number of carboxylic acid groups (broad SMARTS) is 1. The summed E-state index contributed by atoms with van der Waals surface area (Å²) in [6.07, 6.45) is 0. The average molecular weight is 270 g/mol. The van der Waals surface area contributed by atoms with E-state index in [1.165, 1.54) is 0 Å². The number of carboxylic acids is 1. The summed E-state index contributed by atoms with van der Waals surface area (Å²) in [7, 11) is 0. The van der Waals surface area contributed by atoms with Crippen molar-refractivity contribution in [1.82, 2.24) is 5.32 Å². The van der Waals surface area contributed by atoms with Gasteiger partial charge in [0.2, 0.25) is 0 Å². The monoisotopic (exact) mass is 269 g/mol. The normalized spacial score (nSPS) is 13.8. The molecule has 0 aliphatic heterocycles. The lowest BCUT2D eigenvalue weighted by molar-refractivity contribution is -0.141. The highest BCUT2D eigenvalue weighted by Gasteiger charge is 2.22. The van der Waals surface area contributed by atoms with Crippen molar-refractivity contribution in [3.8, 4) is 0 Å². The van der Waals surface area contributed by atoms with Gasteiger partial charge in [0.15, 0.2) is 0 Å². The van der Waals surface area contributed by atoms with Crippen LogP contribution < -0.4 is 5.32 Å². The number of hydrogen-bond donors (Lipinski definition) is 2. The fourth-order valence-corrected chi connectivity index (χ4v) is 1.75. The van der Waals surface area contributed by atoms with Crippen LogP contribution in [0.5, 0.6) is 0 Å². The van der Waals surface area contributed by atoms with Crippen molar-refractivity contribution in [2.75, 3.05) is 0 Å². The molecule has 0 radical (unpaired) electrons. The largest absolute Gasteiger partial charge is 0.481 e. The number of rotatable bonds is 4. The highest BCUT2D eigenvalue weighted by Crippen LogP contribution is 2.18. The van der Waals surface area contributed by atoms with Crippen LogP contribution >= 0.6 is 11.6 Å². The van der Waals surface area contributed by atoms with Crippen molar-refractivity contribution in [3.05, 3.63) is 34.3 Å². The van der Waals surface area contributed by atoms with Gasteiger partial charge >= 0.3 is 5.97 Å². The van der Waals surface area contributed by atoms with Crippen molar-refractivity contribution in [2.45, 2.75) is 26.8 Å². The van der Waals surface area contributed by atoms with E-state index in [-0.39, 0.29) is 5.91 Å². The first-order valence-electron chi connectivity index (χ1n) is 5.62.